The molecule has 0 spiro atoms. The molecule has 1 N–H and O–H groups in total. The molecule has 4 rings (SSSR count). The smallest absolute Gasteiger partial charge is 0.231 e. The highest BCUT2D eigenvalue weighted by molar-refractivity contribution is 6.05. The average Bonchev–Trinajstić information content (AvgIpc) is 3.25. The Morgan fingerprint density at radius 3 is 2.60 bits per heavy atom. The Morgan fingerprint density at radius 1 is 1.16 bits per heavy atom. The van der Waals surface area contributed by atoms with Gasteiger partial charge in [-0.2, -0.15) is 0 Å². The van der Waals surface area contributed by atoms with Crippen molar-refractivity contribution in [1.29, 1.82) is 0 Å². The van der Waals surface area contributed by atoms with Crippen molar-refractivity contribution >= 4 is 17.4 Å². The van der Waals surface area contributed by atoms with Crippen LogP contribution in [0.4, 0.5) is 10.1 Å². The monoisotopic (exact) mass is 341 g/mol. The molecule has 1 aliphatic carbocycles. The summed E-state index contributed by atoms with van der Waals surface area (Å²) in [6.07, 6.45) is 0.590. The number of ketones is 1. The van der Waals surface area contributed by atoms with Crippen LogP contribution in [-0.4, -0.2) is 18.5 Å². The molecule has 0 radical (unpaired) electrons. The van der Waals surface area contributed by atoms with E-state index < -0.39 is 0 Å². The second kappa shape index (κ2) is 5.88. The van der Waals surface area contributed by atoms with Crippen LogP contribution < -0.4 is 14.8 Å². The van der Waals surface area contributed by atoms with Gasteiger partial charge in [0.2, 0.25) is 12.7 Å². The zero-order valence-corrected chi connectivity index (χ0v) is 13.5. The Morgan fingerprint density at radius 2 is 1.88 bits per heavy atom. The Kier molecular flexibility index (Phi) is 3.67. The van der Waals surface area contributed by atoms with Crippen molar-refractivity contribution in [3.05, 3.63) is 53.3 Å². The van der Waals surface area contributed by atoms with Crippen LogP contribution in [0.25, 0.3) is 0 Å². The summed E-state index contributed by atoms with van der Waals surface area (Å²) in [4.78, 5) is 24.4. The number of Topliss-reactive ketones (excluding diaryl/α,β-unsaturated/α-hetero) is 1. The van der Waals surface area contributed by atoms with Crippen LogP contribution in [0.5, 0.6) is 11.5 Å². The number of hydrogen-bond acceptors (Lipinski definition) is 4. The minimum atomic E-state index is -0.304. The van der Waals surface area contributed by atoms with Gasteiger partial charge in [-0.3, -0.25) is 9.59 Å². The summed E-state index contributed by atoms with van der Waals surface area (Å²) < 4.78 is 24.4. The van der Waals surface area contributed by atoms with Crippen LogP contribution in [0.2, 0.25) is 0 Å². The molecule has 128 valence electrons. The zero-order chi connectivity index (χ0) is 17.6. The van der Waals surface area contributed by atoms with Crippen LogP contribution in [0, 0.1) is 11.7 Å². The molecule has 1 aliphatic heterocycles. The number of carbonyl (C=O) groups is 2. The van der Waals surface area contributed by atoms with Gasteiger partial charge in [0, 0.05) is 17.5 Å². The van der Waals surface area contributed by atoms with E-state index in [0.29, 0.717) is 34.7 Å². The van der Waals surface area contributed by atoms with Crippen LogP contribution in [0.1, 0.15) is 35.2 Å². The first-order chi connectivity index (χ1) is 12.0. The number of hydrogen-bond donors (Lipinski definition) is 1. The fourth-order valence-corrected chi connectivity index (χ4v) is 3.17. The lowest BCUT2D eigenvalue weighted by molar-refractivity contribution is -0.117. The van der Waals surface area contributed by atoms with Crippen molar-refractivity contribution in [3.8, 4) is 11.5 Å². The fraction of sp³-hybridized carbons (Fsp3) is 0.263. The van der Waals surface area contributed by atoms with E-state index in [9.17, 15) is 14.0 Å². The van der Waals surface area contributed by atoms with Crippen molar-refractivity contribution in [3.63, 3.8) is 0 Å². The molecule has 0 bridgehead atoms. The Bertz CT molecular complexity index is 880. The molecule has 2 unspecified atom stereocenters. The number of carbonyl (C=O) groups excluding carboxylic acids is 2. The topological polar surface area (TPSA) is 64.6 Å². The summed E-state index contributed by atoms with van der Waals surface area (Å²) in [5.41, 5.74) is 1.31. The maximum Gasteiger partial charge on any atom is 0.231 e. The zero-order valence-electron chi connectivity index (χ0n) is 13.5. The quantitative estimate of drug-likeness (QED) is 0.865. The lowest BCUT2D eigenvalue weighted by atomic mass is 10.1. The molecule has 2 aromatic rings. The Labute approximate surface area is 143 Å². The SMILES string of the molecule is CC(=O)c1cc2c(cc1NC(=O)C1CC1c1ccccc1F)OCO2. The highest BCUT2D eigenvalue weighted by Crippen LogP contribution is 2.49. The highest BCUT2D eigenvalue weighted by Gasteiger charge is 2.45. The van der Waals surface area contributed by atoms with Crippen molar-refractivity contribution in [2.45, 2.75) is 19.3 Å². The molecule has 1 amide bonds. The van der Waals surface area contributed by atoms with Crippen LogP contribution in [-0.2, 0) is 4.79 Å². The first-order valence-electron chi connectivity index (χ1n) is 8.04. The average molecular weight is 341 g/mol. The van der Waals surface area contributed by atoms with Crippen molar-refractivity contribution in [2.75, 3.05) is 12.1 Å². The number of ether oxygens (including phenoxy) is 2. The maximum atomic E-state index is 13.9. The van der Waals surface area contributed by atoms with Crippen LogP contribution in [0.15, 0.2) is 36.4 Å². The van der Waals surface area contributed by atoms with Gasteiger partial charge in [0.25, 0.3) is 0 Å². The minimum absolute atomic E-state index is 0.0854. The van der Waals surface area contributed by atoms with Crippen molar-refractivity contribution < 1.29 is 23.5 Å². The second-order valence-electron chi connectivity index (χ2n) is 6.27. The molecule has 25 heavy (non-hydrogen) atoms. The van der Waals surface area contributed by atoms with E-state index in [2.05, 4.69) is 5.32 Å². The summed E-state index contributed by atoms with van der Waals surface area (Å²) in [6, 6.07) is 9.65. The summed E-state index contributed by atoms with van der Waals surface area (Å²) in [5.74, 6) is -0.168. The standard InChI is InChI=1S/C19H16FNO4/c1-10(22)12-7-17-18(25-9-24-17)8-16(12)21-19(23)14-6-13(14)11-4-2-3-5-15(11)20/h2-5,7-8,13-14H,6,9H2,1H3,(H,21,23). The molecule has 5 nitrogen and oxygen atoms in total. The van der Waals surface area contributed by atoms with Gasteiger partial charge >= 0.3 is 0 Å². The third kappa shape index (κ3) is 2.84. The largest absolute Gasteiger partial charge is 0.454 e. The molecule has 0 saturated heterocycles. The second-order valence-corrected chi connectivity index (χ2v) is 6.27. The predicted octanol–water partition coefficient (Wildman–Crippen LogP) is 3.50. The van der Waals surface area contributed by atoms with E-state index in [1.807, 2.05) is 0 Å². The number of benzene rings is 2. The van der Waals surface area contributed by atoms with Gasteiger partial charge in [-0.25, -0.2) is 4.39 Å². The number of amides is 1. The highest BCUT2D eigenvalue weighted by atomic mass is 19.1. The van der Waals surface area contributed by atoms with Crippen molar-refractivity contribution in [1.82, 2.24) is 0 Å². The predicted molar refractivity (Wildman–Crippen MR) is 88.4 cm³/mol. The molecule has 0 aromatic heterocycles. The fourth-order valence-electron chi connectivity index (χ4n) is 3.17. The first-order valence-corrected chi connectivity index (χ1v) is 8.04. The maximum absolute atomic E-state index is 13.9. The van der Waals surface area contributed by atoms with E-state index in [1.54, 1.807) is 30.3 Å². The summed E-state index contributed by atoms with van der Waals surface area (Å²) in [5, 5.41) is 2.78. The number of fused-ring (bicyclic) bond motifs is 1. The van der Waals surface area contributed by atoms with E-state index in [-0.39, 0.29) is 36.1 Å². The lowest BCUT2D eigenvalue weighted by Gasteiger charge is -2.11. The number of anilines is 1. The lowest BCUT2D eigenvalue weighted by Crippen LogP contribution is -2.16. The van der Waals surface area contributed by atoms with Gasteiger partial charge < -0.3 is 14.8 Å². The van der Waals surface area contributed by atoms with E-state index in [0.717, 1.165) is 0 Å². The Hall–Kier alpha value is -2.89. The summed E-state index contributed by atoms with van der Waals surface area (Å²) >= 11 is 0. The molecule has 2 aliphatic rings. The normalized spacial score (nSPS) is 20.2. The molecule has 1 saturated carbocycles. The van der Waals surface area contributed by atoms with Crippen LogP contribution in [0.3, 0.4) is 0 Å². The third-order valence-corrected chi connectivity index (χ3v) is 4.58. The molecule has 1 heterocycles. The molecule has 1 fully saturated rings. The number of nitrogens with one attached hydrogen (secondary N) is 1. The van der Waals surface area contributed by atoms with E-state index in [4.69, 9.17) is 9.47 Å². The van der Waals surface area contributed by atoms with Gasteiger partial charge in [-0.1, -0.05) is 18.2 Å². The van der Waals surface area contributed by atoms with Crippen LogP contribution >= 0.6 is 0 Å². The summed E-state index contributed by atoms with van der Waals surface area (Å²) in [7, 11) is 0. The number of halogens is 1. The molecule has 2 aromatic carbocycles. The third-order valence-electron chi connectivity index (χ3n) is 4.58. The van der Waals surface area contributed by atoms with Gasteiger partial charge in [0.1, 0.15) is 5.82 Å². The van der Waals surface area contributed by atoms with Gasteiger partial charge in [0.05, 0.1) is 5.69 Å². The van der Waals surface area contributed by atoms with E-state index >= 15 is 0 Å². The van der Waals surface area contributed by atoms with E-state index in [1.165, 1.54) is 13.0 Å². The molecule has 2 atom stereocenters. The minimum Gasteiger partial charge on any atom is -0.454 e. The molecular formula is C19H16FNO4. The number of rotatable bonds is 4. The van der Waals surface area contributed by atoms with Gasteiger partial charge in [-0.05, 0) is 37.0 Å². The Balaban J connectivity index is 1.54. The summed E-state index contributed by atoms with van der Waals surface area (Å²) in [6.45, 7) is 1.51. The van der Waals surface area contributed by atoms with Gasteiger partial charge in [0.15, 0.2) is 17.3 Å². The van der Waals surface area contributed by atoms with Gasteiger partial charge in [-0.15, -0.1) is 0 Å². The van der Waals surface area contributed by atoms with Crippen molar-refractivity contribution in [2.24, 2.45) is 5.92 Å². The molecular weight excluding hydrogens is 325 g/mol. The molecule has 6 heteroatoms. The first kappa shape index (κ1) is 15.6.